The number of hydrogen-bond acceptors (Lipinski definition) is 4. The van der Waals surface area contributed by atoms with E-state index in [0.29, 0.717) is 16.9 Å². The van der Waals surface area contributed by atoms with Gasteiger partial charge in [-0.1, -0.05) is 0 Å². The van der Waals surface area contributed by atoms with E-state index in [0.717, 1.165) is 0 Å². The lowest BCUT2D eigenvalue weighted by molar-refractivity contribution is -0.111. The zero-order chi connectivity index (χ0) is 11.9. The summed E-state index contributed by atoms with van der Waals surface area (Å²) in [5.41, 5.74) is 0.0693. The van der Waals surface area contributed by atoms with Crippen molar-refractivity contribution in [2.75, 3.05) is 0 Å². The van der Waals surface area contributed by atoms with Crippen LogP contribution in [0.1, 0.15) is 31.1 Å². The van der Waals surface area contributed by atoms with Crippen molar-refractivity contribution in [2.24, 2.45) is 0 Å². The smallest absolute Gasteiger partial charge is 0.132 e. The molecule has 0 aromatic heterocycles. The number of hydrogen-bond donors (Lipinski definition) is 2. The summed E-state index contributed by atoms with van der Waals surface area (Å²) in [5, 5.41) is 28.6. The van der Waals surface area contributed by atoms with Crippen LogP contribution in [0, 0.1) is 11.3 Å². The first kappa shape index (κ1) is 10.9. The number of aliphatic hydroxyl groups is 2. The summed E-state index contributed by atoms with van der Waals surface area (Å²) in [6, 6.07) is 6.79. The molecule has 16 heavy (non-hydrogen) atoms. The van der Waals surface area contributed by atoms with Crippen molar-refractivity contribution in [3.63, 3.8) is 0 Å². The Morgan fingerprint density at radius 2 is 2.06 bits per heavy atom. The molecule has 2 rings (SSSR count). The monoisotopic (exact) mass is 219 g/mol. The molecule has 4 nitrogen and oxygen atoms in total. The molecule has 0 saturated heterocycles. The molecule has 4 heteroatoms. The second-order valence-corrected chi connectivity index (χ2v) is 4.46. The lowest BCUT2D eigenvalue weighted by Gasteiger charge is -2.40. The van der Waals surface area contributed by atoms with E-state index in [1.54, 1.807) is 32.0 Å². The van der Waals surface area contributed by atoms with Crippen LogP contribution in [0.4, 0.5) is 0 Å². The van der Waals surface area contributed by atoms with Crippen molar-refractivity contribution in [1.29, 1.82) is 5.26 Å². The Morgan fingerprint density at radius 3 is 2.69 bits per heavy atom. The summed E-state index contributed by atoms with van der Waals surface area (Å²) in [5.74, 6) is 0.516. The van der Waals surface area contributed by atoms with E-state index < -0.39 is 17.8 Å². The largest absolute Gasteiger partial charge is 0.485 e. The summed E-state index contributed by atoms with van der Waals surface area (Å²) < 4.78 is 5.58. The summed E-state index contributed by atoms with van der Waals surface area (Å²) >= 11 is 0. The first-order valence-corrected chi connectivity index (χ1v) is 5.05. The highest BCUT2D eigenvalue weighted by Crippen LogP contribution is 2.39. The summed E-state index contributed by atoms with van der Waals surface area (Å²) in [4.78, 5) is 0. The fourth-order valence-electron chi connectivity index (χ4n) is 1.84. The van der Waals surface area contributed by atoms with Crippen LogP contribution in [0.3, 0.4) is 0 Å². The van der Waals surface area contributed by atoms with E-state index in [1.807, 2.05) is 6.07 Å². The Labute approximate surface area is 93.7 Å². The molecule has 1 aromatic rings. The molecule has 2 unspecified atom stereocenters. The first-order valence-electron chi connectivity index (χ1n) is 5.05. The van der Waals surface area contributed by atoms with Gasteiger partial charge in [0.2, 0.25) is 0 Å². The van der Waals surface area contributed by atoms with Gasteiger partial charge in [-0.05, 0) is 32.0 Å². The van der Waals surface area contributed by atoms with Crippen molar-refractivity contribution in [1.82, 2.24) is 0 Å². The van der Waals surface area contributed by atoms with Gasteiger partial charge >= 0.3 is 0 Å². The summed E-state index contributed by atoms with van der Waals surface area (Å²) in [7, 11) is 0. The SMILES string of the molecule is CC1(C)Oc2ccc(C#N)cc2C(O)C1O. The van der Waals surface area contributed by atoms with Crippen molar-refractivity contribution in [3.05, 3.63) is 29.3 Å². The second kappa shape index (κ2) is 3.48. The topological polar surface area (TPSA) is 73.5 Å². The van der Waals surface area contributed by atoms with E-state index in [9.17, 15) is 10.2 Å². The minimum absolute atomic E-state index is 0.438. The molecule has 1 heterocycles. The van der Waals surface area contributed by atoms with Crippen molar-refractivity contribution < 1.29 is 14.9 Å². The zero-order valence-electron chi connectivity index (χ0n) is 9.14. The average molecular weight is 219 g/mol. The number of benzene rings is 1. The van der Waals surface area contributed by atoms with Gasteiger partial charge in [0.1, 0.15) is 23.6 Å². The Bertz CT molecular complexity index is 462. The van der Waals surface area contributed by atoms with Gasteiger partial charge in [0.15, 0.2) is 0 Å². The van der Waals surface area contributed by atoms with Crippen LogP contribution in [0.15, 0.2) is 18.2 Å². The molecule has 2 atom stereocenters. The van der Waals surface area contributed by atoms with Crippen molar-refractivity contribution in [3.8, 4) is 11.8 Å². The molecule has 0 amide bonds. The Hall–Kier alpha value is -1.57. The van der Waals surface area contributed by atoms with Gasteiger partial charge in [0.25, 0.3) is 0 Å². The van der Waals surface area contributed by atoms with Crippen LogP contribution in [0.5, 0.6) is 5.75 Å². The third-order valence-electron chi connectivity index (χ3n) is 2.84. The minimum atomic E-state index is -1.02. The number of nitrogens with zero attached hydrogens (tertiary/aromatic N) is 1. The molecule has 0 radical (unpaired) electrons. The van der Waals surface area contributed by atoms with Crippen LogP contribution >= 0.6 is 0 Å². The normalized spacial score (nSPS) is 26.4. The minimum Gasteiger partial charge on any atom is -0.485 e. The average Bonchev–Trinajstić information content (AvgIpc) is 2.25. The highest BCUT2D eigenvalue weighted by atomic mass is 16.5. The molecule has 1 aliphatic rings. The standard InChI is InChI=1S/C12H13NO3/c1-12(2)11(15)10(14)8-5-7(6-13)3-4-9(8)16-12/h3-5,10-11,14-15H,1-2H3. The van der Waals surface area contributed by atoms with E-state index in [2.05, 4.69) is 0 Å². The highest BCUT2D eigenvalue weighted by Gasteiger charge is 2.42. The molecule has 1 aromatic carbocycles. The highest BCUT2D eigenvalue weighted by molar-refractivity contribution is 5.45. The molecular formula is C12H13NO3. The quantitative estimate of drug-likeness (QED) is 0.685. The van der Waals surface area contributed by atoms with E-state index in [-0.39, 0.29) is 0 Å². The molecule has 0 saturated carbocycles. The van der Waals surface area contributed by atoms with E-state index >= 15 is 0 Å². The van der Waals surface area contributed by atoms with E-state index in [4.69, 9.17) is 10.00 Å². The fourth-order valence-corrected chi connectivity index (χ4v) is 1.84. The number of fused-ring (bicyclic) bond motifs is 1. The Balaban J connectivity index is 2.52. The predicted molar refractivity (Wildman–Crippen MR) is 56.8 cm³/mol. The molecule has 1 aliphatic heterocycles. The predicted octanol–water partition coefficient (Wildman–Crippen LogP) is 1.12. The van der Waals surface area contributed by atoms with Crippen molar-refractivity contribution in [2.45, 2.75) is 31.7 Å². The molecule has 0 aliphatic carbocycles. The molecular weight excluding hydrogens is 206 g/mol. The van der Waals surface area contributed by atoms with Gasteiger partial charge in [-0.15, -0.1) is 0 Å². The summed E-state index contributed by atoms with van der Waals surface area (Å²) in [6.45, 7) is 3.42. The molecule has 2 N–H and O–H groups in total. The Kier molecular flexibility index (Phi) is 2.38. The van der Waals surface area contributed by atoms with Crippen LogP contribution in [-0.2, 0) is 0 Å². The van der Waals surface area contributed by atoms with Gasteiger partial charge in [-0.25, -0.2) is 0 Å². The lowest BCUT2D eigenvalue weighted by atomic mass is 9.88. The Morgan fingerprint density at radius 1 is 1.38 bits per heavy atom. The maximum Gasteiger partial charge on any atom is 0.132 e. The van der Waals surface area contributed by atoms with Gasteiger partial charge < -0.3 is 14.9 Å². The van der Waals surface area contributed by atoms with Crippen molar-refractivity contribution >= 4 is 0 Å². The van der Waals surface area contributed by atoms with Crippen LogP contribution < -0.4 is 4.74 Å². The second-order valence-electron chi connectivity index (χ2n) is 4.46. The molecule has 84 valence electrons. The first-order chi connectivity index (χ1) is 7.45. The molecule has 0 fully saturated rings. The number of aliphatic hydroxyl groups excluding tert-OH is 2. The maximum absolute atomic E-state index is 9.95. The van der Waals surface area contributed by atoms with Gasteiger partial charge in [0.05, 0.1) is 11.6 Å². The zero-order valence-corrected chi connectivity index (χ0v) is 9.14. The summed E-state index contributed by atoms with van der Waals surface area (Å²) in [6.07, 6.45) is -2.03. The van der Waals surface area contributed by atoms with Crippen LogP contribution in [0.25, 0.3) is 0 Å². The molecule has 0 bridgehead atoms. The lowest BCUT2D eigenvalue weighted by Crippen LogP contribution is -2.48. The van der Waals surface area contributed by atoms with Gasteiger partial charge in [-0.3, -0.25) is 0 Å². The maximum atomic E-state index is 9.95. The third kappa shape index (κ3) is 1.54. The number of ether oxygens (including phenoxy) is 1. The van der Waals surface area contributed by atoms with Gasteiger partial charge in [0, 0.05) is 5.56 Å². The van der Waals surface area contributed by atoms with Crippen LogP contribution in [-0.4, -0.2) is 21.9 Å². The molecule has 0 spiro atoms. The van der Waals surface area contributed by atoms with E-state index in [1.165, 1.54) is 0 Å². The van der Waals surface area contributed by atoms with Gasteiger partial charge in [-0.2, -0.15) is 5.26 Å². The number of nitriles is 1. The third-order valence-corrected chi connectivity index (χ3v) is 2.84. The fraction of sp³-hybridized carbons (Fsp3) is 0.417. The van der Waals surface area contributed by atoms with Crippen LogP contribution in [0.2, 0.25) is 0 Å². The number of rotatable bonds is 0.